The Morgan fingerprint density at radius 3 is 2.45 bits per heavy atom. The number of carbonyl (C=O) groups is 1. The molecule has 0 aliphatic carbocycles. The number of aromatic nitrogens is 3. The molecule has 1 amide bonds. The summed E-state index contributed by atoms with van der Waals surface area (Å²) in [6.07, 6.45) is -3.11. The summed E-state index contributed by atoms with van der Waals surface area (Å²) >= 11 is 0. The SMILES string of the molecule is CC(NC(=O)c1cn[nH]n1)c1ccc(C(F)(F)F)cc1. The maximum atomic E-state index is 12.4. The Morgan fingerprint density at radius 1 is 1.30 bits per heavy atom. The predicted molar refractivity (Wildman–Crippen MR) is 63.7 cm³/mol. The van der Waals surface area contributed by atoms with Crippen molar-refractivity contribution < 1.29 is 18.0 Å². The van der Waals surface area contributed by atoms with Crippen LogP contribution in [-0.4, -0.2) is 21.3 Å². The van der Waals surface area contributed by atoms with E-state index in [1.807, 2.05) is 0 Å². The second kappa shape index (κ2) is 5.32. The Kier molecular flexibility index (Phi) is 3.73. The van der Waals surface area contributed by atoms with Crippen LogP contribution in [0.2, 0.25) is 0 Å². The maximum absolute atomic E-state index is 12.4. The molecule has 0 aliphatic rings. The number of aromatic amines is 1. The molecule has 20 heavy (non-hydrogen) atoms. The first kappa shape index (κ1) is 14.0. The van der Waals surface area contributed by atoms with Gasteiger partial charge in [-0.3, -0.25) is 4.79 Å². The minimum Gasteiger partial charge on any atom is -0.344 e. The van der Waals surface area contributed by atoms with E-state index in [9.17, 15) is 18.0 Å². The average Bonchev–Trinajstić information content (AvgIpc) is 2.91. The minimum atomic E-state index is -4.37. The third kappa shape index (κ3) is 3.14. The molecule has 0 saturated carbocycles. The van der Waals surface area contributed by atoms with Gasteiger partial charge in [-0.1, -0.05) is 12.1 Å². The lowest BCUT2D eigenvalue weighted by atomic mass is 10.1. The first-order valence-corrected chi connectivity index (χ1v) is 5.71. The van der Waals surface area contributed by atoms with Gasteiger partial charge in [-0.25, -0.2) is 0 Å². The van der Waals surface area contributed by atoms with E-state index in [0.29, 0.717) is 5.56 Å². The van der Waals surface area contributed by atoms with Crippen LogP contribution in [0.15, 0.2) is 30.5 Å². The average molecular weight is 284 g/mol. The number of nitrogens with one attached hydrogen (secondary N) is 2. The highest BCUT2D eigenvalue weighted by molar-refractivity contribution is 5.92. The summed E-state index contributed by atoms with van der Waals surface area (Å²) in [5.41, 5.74) is -0.0464. The molecule has 0 radical (unpaired) electrons. The van der Waals surface area contributed by atoms with Crippen LogP contribution < -0.4 is 5.32 Å². The molecular weight excluding hydrogens is 273 g/mol. The molecule has 106 valence electrons. The van der Waals surface area contributed by atoms with Crippen LogP contribution in [0, 0.1) is 0 Å². The summed E-state index contributed by atoms with van der Waals surface area (Å²) in [4.78, 5) is 11.7. The first-order chi connectivity index (χ1) is 9.38. The van der Waals surface area contributed by atoms with Crippen LogP contribution in [-0.2, 0) is 6.18 Å². The standard InChI is InChI=1S/C12H11F3N4O/c1-7(17-11(20)10-6-16-19-18-10)8-2-4-9(5-3-8)12(13,14)15/h2-7H,1H3,(H,17,20)(H,16,18,19). The number of H-pyrrole nitrogens is 1. The Morgan fingerprint density at radius 2 is 1.95 bits per heavy atom. The highest BCUT2D eigenvalue weighted by atomic mass is 19.4. The van der Waals surface area contributed by atoms with Gasteiger partial charge in [0.15, 0.2) is 5.69 Å². The molecule has 1 atom stereocenters. The highest BCUT2D eigenvalue weighted by Crippen LogP contribution is 2.29. The zero-order chi connectivity index (χ0) is 14.8. The number of carbonyl (C=O) groups excluding carboxylic acids is 1. The zero-order valence-electron chi connectivity index (χ0n) is 10.4. The third-order valence-electron chi connectivity index (χ3n) is 2.73. The van der Waals surface area contributed by atoms with Crippen molar-refractivity contribution >= 4 is 5.91 Å². The molecule has 0 fully saturated rings. The molecule has 8 heteroatoms. The molecule has 1 heterocycles. The molecule has 0 saturated heterocycles. The van der Waals surface area contributed by atoms with E-state index >= 15 is 0 Å². The number of hydrogen-bond acceptors (Lipinski definition) is 3. The number of rotatable bonds is 3. The molecule has 1 aromatic carbocycles. The minimum absolute atomic E-state index is 0.115. The fraction of sp³-hybridized carbons (Fsp3) is 0.250. The van der Waals surface area contributed by atoms with Crippen LogP contribution in [0.4, 0.5) is 13.2 Å². The number of alkyl halides is 3. The molecule has 1 unspecified atom stereocenters. The van der Waals surface area contributed by atoms with Crippen LogP contribution in [0.1, 0.15) is 34.6 Å². The van der Waals surface area contributed by atoms with Crippen molar-refractivity contribution in [2.45, 2.75) is 19.1 Å². The molecule has 5 nitrogen and oxygen atoms in total. The topological polar surface area (TPSA) is 70.7 Å². The predicted octanol–water partition coefficient (Wildman–Crippen LogP) is 2.31. The zero-order valence-corrected chi connectivity index (χ0v) is 10.4. The van der Waals surface area contributed by atoms with Crippen LogP contribution >= 0.6 is 0 Å². The normalized spacial score (nSPS) is 13.0. The first-order valence-electron chi connectivity index (χ1n) is 5.71. The van der Waals surface area contributed by atoms with Gasteiger partial charge in [0.2, 0.25) is 0 Å². The summed E-state index contributed by atoms with van der Waals surface area (Å²) in [6, 6.07) is 4.18. The summed E-state index contributed by atoms with van der Waals surface area (Å²) in [5, 5.41) is 12.0. The number of benzene rings is 1. The van der Waals surface area contributed by atoms with Crippen molar-refractivity contribution in [1.82, 2.24) is 20.7 Å². The van der Waals surface area contributed by atoms with Gasteiger partial charge in [0.25, 0.3) is 5.91 Å². The second-order valence-corrected chi connectivity index (χ2v) is 4.17. The molecule has 0 aliphatic heterocycles. The number of hydrogen-bond donors (Lipinski definition) is 2. The lowest BCUT2D eigenvalue weighted by Crippen LogP contribution is -2.27. The summed E-state index contributed by atoms with van der Waals surface area (Å²) in [7, 11) is 0. The Hall–Kier alpha value is -2.38. The van der Waals surface area contributed by atoms with Gasteiger partial charge in [0.1, 0.15) is 0 Å². The molecule has 0 spiro atoms. The van der Waals surface area contributed by atoms with E-state index in [2.05, 4.69) is 20.7 Å². The van der Waals surface area contributed by atoms with E-state index in [0.717, 1.165) is 12.1 Å². The van der Waals surface area contributed by atoms with Gasteiger partial charge >= 0.3 is 6.18 Å². The number of amides is 1. The maximum Gasteiger partial charge on any atom is 0.416 e. The third-order valence-corrected chi connectivity index (χ3v) is 2.73. The highest BCUT2D eigenvalue weighted by Gasteiger charge is 2.30. The van der Waals surface area contributed by atoms with Crippen molar-refractivity contribution in [3.63, 3.8) is 0 Å². The second-order valence-electron chi connectivity index (χ2n) is 4.17. The van der Waals surface area contributed by atoms with Crippen molar-refractivity contribution in [3.05, 3.63) is 47.3 Å². The van der Waals surface area contributed by atoms with E-state index < -0.39 is 23.7 Å². The fourth-order valence-electron chi connectivity index (χ4n) is 1.63. The molecular formula is C12H11F3N4O. The van der Waals surface area contributed by atoms with Gasteiger partial charge < -0.3 is 5.32 Å². The summed E-state index contributed by atoms with van der Waals surface area (Å²) in [5.74, 6) is -0.453. The van der Waals surface area contributed by atoms with Crippen molar-refractivity contribution in [2.75, 3.05) is 0 Å². The van der Waals surface area contributed by atoms with Crippen LogP contribution in [0.3, 0.4) is 0 Å². The van der Waals surface area contributed by atoms with Crippen molar-refractivity contribution in [2.24, 2.45) is 0 Å². The summed E-state index contributed by atoms with van der Waals surface area (Å²) < 4.78 is 37.3. The van der Waals surface area contributed by atoms with Gasteiger partial charge in [-0.15, -0.1) is 0 Å². The van der Waals surface area contributed by atoms with Crippen molar-refractivity contribution in [3.8, 4) is 0 Å². The van der Waals surface area contributed by atoms with E-state index in [-0.39, 0.29) is 5.69 Å². The monoisotopic (exact) mass is 284 g/mol. The summed E-state index contributed by atoms with van der Waals surface area (Å²) in [6.45, 7) is 1.67. The smallest absolute Gasteiger partial charge is 0.344 e. The fourth-order valence-corrected chi connectivity index (χ4v) is 1.63. The van der Waals surface area contributed by atoms with Crippen molar-refractivity contribution in [1.29, 1.82) is 0 Å². The van der Waals surface area contributed by atoms with Crippen LogP contribution in [0.25, 0.3) is 0 Å². The number of halogens is 3. The number of nitrogens with zero attached hydrogens (tertiary/aromatic N) is 2. The lowest BCUT2D eigenvalue weighted by Gasteiger charge is -2.14. The molecule has 0 bridgehead atoms. The van der Waals surface area contributed by atoms with E-state index in [1.54, 1.807) is 6.92 Å². The largest absolute Gasteiger partial charge is 0.416 e. The van der Waals surface area contributed by atoms with Crippen LogP contribution in [0.5, 0.6) is 0 Å². The molecule has 2 rings (SSSR count). The van der Waals surface area contributed by atoms with Gasteiger partial charge in [0.05, 0.1) is 17.8 Å². The quantitative estimate of drug-likeness (QED) is 0.908. The van der Waals surface area contributed by atoms with Gasteiger partial charge in [-0.05, 0) is 24.6 Å². The van der Waals surface area contributed by atoms with Gasteiger partial charge in [0, 0.05) is 0 Å². The molecule has 2 N–H and O–H groups in total. The lowest BCUT2D eigenvalue weighted by molar-refractivity contribution is -0.137. The van der Waals surface area contributed by atoms with E-state index in [1.165, 1.54) is 18.3 Å². The Bertz CT molecular complexity index is 578. The van der Waals surface area contributed by atoms with E-state index in [4.69, 9.17) is 0 Å². The Balaban J connectivity index is 2.06. The van der Waals surface area contributed by atoms with Gasteiger partial charge in [-0.2, -0.15) is 28.6 Å². The molecule has 1 aromatic heterocycles. The molecule has 2 aromatic rings. The Labute approximate surface area is 112 Å².